The van der Waals surface area contributed by atoms with E-state index in [-0.39, 0.29) is 23.5 Å². The van der Waals surface area contributed by atoms with Crippen LogP contribution in [0, 0.1) is 5.92 Å². The summed E-state index contributed by atoms with van der Waals surface area (Å²) in [6.45, 7) is 0. The van der Waals surface area contributed by atoms with Crippen LogP contribution in [0.2, 0.25) is 5.02 Å². The highest BCUT2D eigenvalue weighted by molar-refractivity contribution is 7.91. The van der Waals surface area contributed by atoms with Crippen molar-refractivity contribution < 1.29 is 8.42 Å². The van der Waals surface area contributed by atoms with Gasteiger partial charge in [-0.05, 0) is 36.5 Å². The lowest BCUT2D eigenvalue weighted by molar-refractivity contribution is 0.461. The molecular weight excluding hydrogens is 258 g/mol. The Bertz CT molecular complexity index is 484. The average Bonchev–Trinajstić information content (AvgIpc) is 2.62. The fraction of sp³-hybridized carbons (Fsp3) is 0.500. The summed E-state index contributed by atoms with van der Waals surface area (Å²) in [5.74, 6) is 0.615. The topological polar surface area (TPSA) is 60.2 Å². The van der Waals surface area contributed by atoms with Gasteiger partial charge in [0.15, 0.2) is 9.84 Å². The first-order chi connectivity index (χ1) is 7.96. The van der Waals surface area contributed by atoms with Crippen molar-refractivity contribution in [1.29, 1.82) is 0 Å². The fourth-order valence-corrected chi connectivity index (χ4v) is 4.24. The summed E-state index contributed by atoms with van der Waals surface area (Å²) in [5, 5.41) is 0.700. The van der Waals surface area contributed by atoms with Gasteiger partial charge in [-0.2, -0.15) is 0 Å². The molecule has 5 heteroatoms. The van der Waals surface area contributed by atoms with Crippen LogP contribution in [0.1, 0.15) is 12.0 Å². The van der Waals surface area contributed by atoms with E-state index >= 15 is 0 Å². The third-order valence-electron chi connectivity index (χ3n) is 3.26. The van der Waals surface area contributed by atoms with Crippen LogP contribution in [-0.4, -0.2) is 26.0 Å². The third-order valence-corrected chi connectivity index (χ3v) is 5.30. The largest absolute Gasteiger partial charge is 0.327 e. The minimum absolute atomic E-state index is 0.0894. The van der Waals surface area contributed by atoms with Crippen molar-refractivity contribution in [2.75, 3.05) is 11.5 Å². The number of halogens is 1. The lowest BCUT2D eigenvalue weighted by Gasteiger charge is -2.17. The smallest absolute Gasteiger partial charge is 0.150 e. The van der Waals surface area contributed by atoms with E-state index in [0.717, 1.165) is 5.56 Å². The predicted octanol–water partition coefficient (Wildman–Crippen LogP) is 1.64. The molecule has 0 spiro atoms. The molecule has 1 aromatic carbocycles. The van der Waals surface area contributed by atoms with E-state index in [1.165, 1.54) is 0 Å². The maximum Gasteiger partial charge on any atom is 0.150 e. The molecular formula is C12H16ClNO2S. The molecule has 0 amide bonds. The Kier molecular flexibility index (Phi) is 3.76. The Morgan fingerprint density at radius 2 is 2.00 bits per heavy atom. The van der Waals surface area contributed by atoms with Crippen LogP contribution in [-0.2, 0) is 16.3 Å². The Morgan fingerprint density at radius 1 is 1.35 bits per heavy atom. The molecule has 1 aromatic rings. The first-order valence-electron chi connectivity index (χ1n) is 5.67. The number of hydrogen-bond acceptors (Lipinski definition) is 3. The van der Waals surface area contributed by atoms with E-state index in [9.17, 15) is 8.42 Å². The van der Waals surface area contributed by atoms with E-state index in [1.807, 2.05) is 24.3 Å². The van der Waals surface area contributed by atoms with Gasteiger partial charge in [-0.3, -0.25) is 0 Å². The van der Waals surface area contributed by atoms with E-state index < -0.39 is 9.84 Å². The van der Waals surface area contributed by atoms with Crippen molar-refractivity contribution in [1.82, 2.24) is 0 Å². The number of rotatable bonds is 3. The monoisotopic (exact) mass is 273 g/mol. The zero-order valence-electron chi connectivity index (χ0n) is 9.47. The summed E-state index contributed by atoms with van der Waals surface area (Å²) in [7, 11) is -2.84. The normalized spacial score (nSPS) is 24.7. The SMILES string of the molecule is NC(Cc1ccc(Cl)cc1)C1CCS(=O)(=O)C1. The fourth-order valence-electron chi connectivity index (χ4n) is 2.22. The molecule has 2 N–H and O–H groups in total. The summed E-state index contributed by atoms with van der Waals surface area (Å²) >= 11 is 5.80. The molecule has 94 valence electrons. The first-order valence-corrected chi connectivity index (χ1v) is 7.87. The predicted molar refractivity (Wildman–Crippen MR) is 69.9 cm³/mol. The zero-order valence-corrected chi connectivity index (χ0v) is 11.0. The Balaban J connectivity index is 1.98. The van der Waals surface area contributed by atoms with Crippen LogP contribution in [0.5, 0.6) is 0 Å². The first kappa shape index (κ1) is 12.9. The van der Waals surface area contributed by atoms with Crippen LogP contribution in [0.15, 0.2) is 24.3 Å². The Labute approximate surface area is 107 Å². The van der Waals surface area contributed by atoms with Crippen LogP contribution in [0.3, 0.4) is 0 Å². The van der Waals surface area contributed by atoms with Crippen LogP contribution >= 0.6 is 11.6 Å². The molecule has 0 radical (unpaired) electrons. The number of hydrogen-bond donors (Lipinski definition) is 1. The van der Waals surface area contributed by atoms with Crippen molar-refractivity contribution >= 4 is 21.4 Å². The molecule has 1 fully saturated rings. The highest BCUT2D eigenvalue weighted by Gasteiger charge is 2.31. The van der Waals surface area contributed by atoms with Gasteiger partial charge in [-0.15, -0.1) is 0 Å². The van der Waals surface area contributed by atoms with E-state index in [0.29, 0.717) is 17.9 Å². The second kappa shape index (κ2) is 4.96. The standard InChI is InChI=1S/C12H16ClNO2S/c13-11-3-1-9(2-4-11)7-12(14)10-5-6-17(15,16)8-10/h1-4,10,12H,5-8,14H2. The highest BCUT2D eigenvalue weighted by atomic mass is 35.5. The van der Waals surface area contributed by atoms with Gasteiger partial charge in [0.25, 0.3) is 0 Å². The van der Waals surface area contributed by atoms with Crippen LogP contribution in [0.25, 0.3) is 0 Å². The van der Waals surface area contributed by atoms with Gasteiger partial charge in [0.1, 0.15) is 0 Å². The van der Waals surface area contributed by atoms with Crippen molar-refractivity contribution in [3.8, 4) is 0 Å². The van der Waals surface area contributed by atoms with Crippen LogP contribution in [0.4, 0.5) is 0 Å². The summed E-state index contributed by atoms with van der Waals surface area (Å²) in [4.78, 5) is 0. The van der Waals surface area contributed by atoms with Crippen molar-refractivity contribution in [3.05, 3.63) is 34.9 Å². The number of nitrogens with two attached hydrogens (primary N) is 1. The highest BCUT2D eigenvalue weighted by Crippen LogP contribution is 2.23. The van der Waals surface area contributed by atoms with Crippen molar-refractivity contribution in [2.24, 2.45) is 11.7 Å². The molecule has 1 heterocycles. The number of sulfone groups is 1. The molecule has 17 heavy (non-hydrogen) atoms. The van der Waals surface area contributed by atoms with Gasteiger partial charge in [0.2, 0.25) is 0 Å². The van der Waals surface area contributed by atoms with E-state index in [1.54, 1.807) is 0 Å². The maximum absolute atomic E-state index is 11.4. The van der Waals surface area contributed by atoms with Crippen molar-refractivity contribution in [3.63, 3.8) is 0 Å². The van der Waals surface area contributed by atoms with Gasteiger partial charge in [-0.25, -0.2) is 8.42 Å². The molecule has 0 aromatic heterocycles. The lowest BCUT2D eigenvalue weighted by atomic mass is 9.94. The van der Waals surface area contributed by atoms with Crippen molar-refractivity contribution in [2.45, 2.75) is 18.9 Å². The molecule has 0 bridgehead atoms. The molecule has 1 aliphatic heterocycles. The van der Waals surface area contributed by atoms with Gasteiger partial charge >= 0.3 is 0 Å². The van der Waals surface area contributed by atoms with Gasteiger partial charge in [-0.1, -0.05) is 23.7 Å². The Morgan fingerprint density at radius 3 is 2.53 bits per heavy atom. The average molecular weight is 274 g/mol. The van der Waals surface area contributed by atoms with E-state index in [2.05, 4.69) is 0 Å². The quantitative estimate of drug-likeness (QED) is 0.911. The van der Waals surface area contributed by atoms with Gasteiger partial charge in [0.05, 0.1) is 11.5 Å². The Hall–Kier alpha value is -0.580. The maximum atomic E-state index is 11.4. The molecule has 0 saturated carbocycles. The molecule has 2 unspecified atom stereocenters. The molecule has 1 saturated heterocycles. The minimum atomic E-state index is -2.84. The summed E-state index contributed by atoms with van der Waals surface area (Å²) in [6, 6.07) is 7.44. The number of benzene rings is 1. The molecule has 2 atom stereocenters. The minimum Gasteiger partial charge on any atom is -0.327 e. The van der Waals surface area contributed by atoms with Crippen LogP contribution < -0.4 is 5.73 Å². The molecule has 1 aliphatic rings. The zero-order chi connectivity index (χ0) is 12.5. The second-order valence-electron chi connectivity index (χ2n) is 4.66. The summed E-state index contributed by atoms with van der Waals surface area (Å²) < 4.78 is 22.7. The van der Waals surface area contributed by atoms with E-state index in [4.69, 9.17) is 17.3 Å². The molecule has 2 rings (SSSR count). The summed E-state index contributed by atoms with van der Waals surface area (Å²) in [5.41, 5.74) is 7.18. The molecule has 0 aliphatic carbocycles. The summed E-state index contributed by atoms with van der Waals surface area (Å²) in [6.07, 6.45) is 1.40. The lowest BCUT2D eigenvalue weighted by Crippen LogP contribution is -2.33. The molecule has 3 nitrogen and oxygen atoms in total. The van der Waals surface area contributed by atoms with Gasteiger partial charge < -0.3 is 5.73 Å². The second-order valence-corrected chi connectivity index (χ2v) is 7.32. The van der Waals surface area contributed by atoms with Gasteiger partial charge in [0, 0.05) is 11.1 Å². The third kappa shape index (κ3) is 3.44.